The fourth-order valence-corrected chi connectivity index (χ4v) is 2.15. The van der Waals surface area contributed by atoms with E-state index in [0.717, 1.165) is 49.6 Å². The van der Waals surface area contributed by atoms with Gasteiger partial charge in [0.1, 0.15) is 18.1 Å². The van der Waals surface area contributed by atoms with Crippen molar-refractivity contribution in [3.05, 3.63) is 24.3 Å². The van der Waals surface area contributed by atoms with Crippen LogP contribution in [0.25, 0.3) is 0 Å². The summed E-state index contributed by atoms with van der Waals surface area (Å²) in [5.74, 6) is 3.27. The Labute approximate surface area is 167 Å². The van der Waals surface area contributed by atoms with Crippen LogP contribution < -0.4 is 20.1 Å². The lowest BCUT2D eigenvalue weighted by molar-refractivity contribution is 0.123. The Kier molecular flexibility index (Phi) is 11.4. The van der Waals surface area contributed by atoms with Crippen molar-refractivity contribution in [2.75, 3.05) is 47.1 Å². The lowest BCUT2D eigenvalue weighted by atomic mass is 10.3. The molecule has 7 heteroatoms. The molecule has 0 spiro atoms. The highest BCUT2D eigenvalue weighted by Crippen LogP contribution is 2.28. The van der Waals surface area contributed by atoms with Crippen molar-refractivity contribution in [1.29, 1.82) is 0 Å². The van der Waals surface area contributed by atoms with Gasteiger partial charge in [-0.3, -0.25) is 4.99 Å². The Bertz CT molecular complexity index is 493. The average Bonchev–Trinajstić information content (AvgIpc) is 3.44. The summed E-state index contributed by atoms with van der Waals surface area (Å²) in [5, 5.41) is 6.50. The van der Waals surface area contributed by atoms with Crippen molar-refractivity contribution in [1.82, 2.24) is 10.6 Å². The summed E-state index contributed by atoms with van der Waals surface area (Å²) in [6.45, 7) is 3.84. The second-order valence-corrected chi connectivity index (χ2v) is 5.82. The van der Waals surface area contributed by atoms with E-state index in [1.807, 2.05) is 24.3 Å². The lowest BCUT2D eigenvalue weighted by Crippen LogP contribution is -2.39. The molecule has 0 bridgehead atoms. The number of nitrogens with one attached hydrogen (secondary N) is 2. The lowest BCUT2D eigenvalue weighted by Gasteiger charge is -2.12. The van der Waals surface area contributed by atoms with Gasteiger partial charge in [0.25, 0.3) is 0 Å². The molecule has 0 aliphatic heterocycles. The maximum absolute atomic E-state index is 5.67. The van der Waals surface area contributed by atoms with E-state index in [9.17, 15) is 0 Å². The van der Waals surface area contributed by atoms with Gasteiger partial charge in [-0.15, -0.1) is 24.0 Å². The van der Waals surface area contributed by atoms with Crippen LogP contribution in [0.2, 0.25) is 0 Å². The number of aliphatic imine (C=N–C) groups is 1. The molecule has 142 valence electrons. The number of hydrogen-bond donors (Lipinski definition) is 2. The van der Waals surface area contributed by atoms with Crippen molar-refractivity contribution in [3.8, 4) is 11.5 Å². The van der Waals surface area contributed by atoms with E-state index in [4.69, 9.17) is 14.2 Å². The minimum absolute atomic E-state index is 0. The number of benzene rings is 1. The Morgan fingerprint density at radius 3 is 2.40 bits per heavy atom. The van der Waals surface area contributed by atoms with Gasteiger partial charge in [-0.1, -0.05) is 0 Å². The van der Waals surface area contributed by atoms with E-state index in [0.29, 0.717) is 13.2 Å². The number of ether oxygens (including phenoxy) is 3. The van der Waals surface area contributed by atoms with Crippen LogP contribution in [0, 0.1) is 5.92 Å². The summed E-state index contributed by atoms with van der Waals surface area (Å²) in [7, 11) is 3.42. The monoisotopic (exact) mass is 463 g/mol. The second-order valence-electron chi connectivity index (χ2n) is 5.82. The van der Waals surface area contributed by atoms with E-state index in [-0.39, 0.29) is 24.0 Å². The zero-order valence-corrected chi connectivity index (χ0v) is 17.5. The molecule has 1 aromatic carbocycles. The number of hydrogen-bond acceptors (Lipinski definition) is 4. The highest BCUT2D eigenvalue weighted by molar-refractivity contribution is 14.0. The molecule has 0 heterocycles. The third-order valence-electron chi connectivity index (χ3n) is 3.75. The van der Waals surface area contributed by atoms with E-state index < -0.39 is 0 Å². The predicted octanol–water partition coefficient (Wildman–Crippen LogP) is 2.67. The van der Waals surface area contributed by atoms with Crippen LogP contribution in [-0.2, 0) is 4.74 Å². The van der Waals surface area contributed by atoms with Gasteiger partial charge in [0, 0.05) is 26.8 Å². The van der Waals surface area contributed by atoms with Gasteiger partial charge in [0.15, 0.2) is 5.96 Å². The quantitative estimate of drug-likeness (QED) is 0.229. The van der Waals surface area contributed by atoms with Gasteiger partial charge >= 0.3 is 0 Å². The van der Waals surface area contributed by atoms with Gasteiger partial charge in [0.2, 0.25) is 0 Å². The first-order valence-electron chi connectivity index (χ1n) is 8.61. The summed E-state index contributed by atoms with van der Waals surface area (Å²) in [6, 6.07) is 7.56. The van der Waals surface area contributed by atoms with Crippen molar-refractivity contribution >= 4 is 29.9 Å². The molecular weight excluding hydrogens is 433 g/mol. The molecule has 0 radical (unpaired) electrons. The van der Waals surface area contributed by atoms with Gasteiger partial charge in [-0.05, 0) is 49.4 Å². The smallest absolute Gasteiger partial charge is 0.191 e. The van der Waals surface area contributed by atoms with E-state index in [1.165, 1.54) is 12.8 Å². The van der Waals surface area contributed by atoms with Crippen LogP contribution in [0.5, 0.6) is 11.5 Å². The van der Waals surface area contributed by atoms with Crippen molar-refractivity contribution < 1.29 is 14.2 Å². The SMILES string of the molecule is CN=C(NCCCOCC1CC1)NCCOc1ccc(OC)cc1.I. The van der Waals surface area contributed by atoms with Gasteiger partial charge < -0.3 is 24.8 Å². The molecule has 0 atom stereocenters. The molecule has 1 aliphatic rings. The number of halogens is 1. The van der Waals surface area contributed by atoms with Gasteiger partial charge in [-0.2, -0.15) is 0 Å². The number of guanidine groups is 1. The average molecular weight is 463 g/mol. The molecule has 1 saturated carbocycles. The molecule has 2 rings (SSSR count). The molecule has 1 aliphatic carbocycles. The third kappa shape index (κ3) is 9.74. The Balaban J connectivity index is 0.00000312. The zero-order chi connectivity index (χ0) is 17.0. The standard InChI is InChI=1S/C18H29N3O3.HI/c1-19-18(20-10-3-12-23-14-15-4-5-15)21-11-13-24-17-8-6-16(22-2)7-9-17;/h6-9,15H,3-5,10-14H2,1-2H3,(H2,19,20,21);1H. The van der Waals surface area contributed by atoms with Crippen LogP contribution in [-0.4, -0.2) is 53.0 Å². The van der Waals surface area contributed by atoms with E-state index >= 15 is 0 Å². The normalized spacial score (nSPS) is 13.8. The molecule has 6 nitrogen and oxygen atoms in total. The Morgan fingerprint density at radius 1 is 1.08 bits per heavy atom. The van der Waals surface area contributed by atoms with Crippen molar-refractivity contribution in [2.24, 2.45) is 10.9 Å². The molecule has 1 fully saturated rings. The topological polar surface area (TPSA) is 64.1 Å². The minimum Gasteiger partial charge on any atom is -0.497 e. The summed E-state index contributed by atoms with van der Waals surface area (Å²) in [5.41, 5.74) is 0. The van der Waals surface area contributed by atoms with Gasteiger partial charge in [-0.25, -0.2) is 0 Å². The molecule has 0 amide bonds. The van der Waals surface area contributed by atoms with Crippen LogP contribution >= 0.6 is 24.0 Å². The van der Waals surface area contributed by atoms with Crippen LogP contribution in [0.1, 0.15) is 19.3 Å². The number of nitrogens with zero attached hydrogens (tertiary/aromatic N) is 1. The molecule has 2 N–H and O–H groups in total. The zero-order valence-electron chi connectivity index (χ0n) is 15.1. The first kappa shape index (κ1) is 21.8. The fourth-order valence-electron chi connectivity index (χ4n) is 2.15. The maximum Gasteiger partial charge on any atom is 0.191 e. The Hall–Kier alpha value is -1.22. The highest BCUT2D eigenvalue weighted by atomic mass is 127. The summed E-state index contributed by atoms with van der Waals surface area (Å²) < 4.78 is 16.4. The van der Waals surface area contributed by atoms with Crippen LogP contribution in [0.15, 0.2) is 29.3 Å². The molecule has 0 saturated heterocycles. The van der Waals surface area contributed by atoms with Crippen molar-refractivity contribution in [2.45, 2.75) is 19.3 Å². The first-order valence-corrected chi connectivity index (χ1v) is 8.61. The van der Waals surface area contributed by atoms with Crippen LogP contribution in [0.4, 0.5) is 0 Å². The van der Waals surface area contributed by atoms with E-state index in [1.54, 1.807) is 14.2 Å². The summed E-state index contributed by atoms with van der Waals surface area (Å²) >= 11 is 0. The molecule has 0 unspecified atom stereocenters. The predicted molar refractivity (Wildman–Crippen MR) is 111 cm³/mol. The summed E-state index contributed by atoms with van der Waals surface area (Å²) in [4.78, 5) is 4.19. The molecular formula is C18H30IN3O3. The molecule has 1 aromatic rings. The molecule has 25 heavy (non-hydrogen) atoms. The summed E-state index contributed by atoms with van der Waals surface area (Å²) in [6.07, 6.45) is 3.66. The largest absolute Gasteiger partial charge is 0.497 e. The highest BCUT2D eigenvalue weighted by Gasteiger charge is 2.20. The number of methoxy groups -OCH3 is 1. The third-order valence-corrected chi connectivity index (χ3v) is 3.75. The Morgan fingerprint density at radius 2 is 1.76 bits per heavy atom. The number of rotatable bonds is 11. The minimum atomic E-state index is 0. The fraction of sp³-hybridized carbons (Fsp3) is 0.611. The van der Waals surface area contributed by atoms with E-state index in [2.05, 4.69) is 15.6 Å². The first-order chi connectivity index (χ1) is 11.8. The van der Waals surface area contributed by atoms with Crippen molar-refractivity contribution in [3.63, 3.8) is 0 Å². The van der Waals surface area contributed by atoms with Crippen LogP contribution in [0.3, 0.4) is 0 Å². The van der Waals surface area contributed by atoms with Gasteiger partial charge in [0.05, 0.1) is 13.7 Å². The maximum atomic E-state index is 5.67. The second kappa shape index (κ2) is 13.0. The molecule has 0 aromatic heterocycles.